The maximum absolute atomic E-state index is 12.9. The lowest BCUT2D eigenvalue weighted by Gasteiger charge is -2.22. The number of halogens is 4. The Morgan fingerprint density at radius 3 is 2.54 bits per heavy atom. The zero-order chi connectivity index (χ0) is 26.2. The van der Waals surface area contributed by atoms with Gasteiger partial charge in [0.05, 0.1) is 23.4 Å². The number of aromatic nitrogens is 2. The van der Waals surface area contributed by atoms with Crippen LogP contribution < -0.4 is 19.9 Å². The molecule has 2 heterocycles. The zero-order valence-corrected chi connectivity index (χ0v) is 20.3. The van der Waals surface area contributed by atoms with Crippen LogP contribution in [0.4, 0.5) is 13.2 Å². The van der Waals surface area contributed by atoms with E-state index in [1.54, 1.807) is 29.9 Å². The predicted octanol–water partition coefficient (Wildman–Crippen LogP) is 6.52. The summed E-state index contributed by atoms with van der Waals surface area (Å²) in [5, 5.41) is 0.289. The van der Waals surface area contributed by atoms with Gasteiger partial charge in [0.2, 0.25) is 5.88 Å². The second-order valence-electron chi connectivity index (χ2n) is 8.36. The number of alkyl halides is 3. The molecule has 0 N–H and O–H groups in total. The average Bonchev–Trinajstić information content (AvgIpc) is 2.87. The van der Waals surface area contributed by atoms with Crippen molar-refractivity contribution in [3.05, 3.63) is 98.9 Å². The van der Waals surface area contributed by atoms with E-state index in [0.717, 1.165) is 29.0 Å². The summed E-state index contributed by atoms with van der Waals surface area (Å²) in [5.74, 6) is 1.20. The Bertz CT molecular complexity index is 1540. The lowest BCUT2D eigenvalue weighted by molar-refractivity contribution is -0.137. The van der Waals surface area contributed by atoms with E-state index in [4.69, 9.17) is 25.8 Å². The number of benzene rings is 3. The average molecular weight is 529 g/mol. The number of hydrogen-bond donors (Lipinski definition) is 0. The van der Waals surface area contributed by atoms with Crippen LogP contribution in [0.25, 0.3) is 11.3 Å². The largest absolute Gasteiger partial charge is 0.497 e. The number of nitrogens with zero attached hydrogens (tertiary/aromatic N) is 2. The highest BCUT2D eigenvalue weighted by Crippen LogP contribution is 2.35. The first-order valence-corrected chi connectivity index (χ1v) is 11.6. The summed E-state index contributed by atoms with van der Waals surface area (Å²) >= 11 is 6.37. The van der Waals surface area contributed by atoms with Gasteiger partial charge in [0, 0.05) is 23.7 Å². The molecule has 1 aliphatic heterocycles. The molecule has 1 aromatic heterocycles. The van der Waals surface area contributed by atoms with Crippen LogP contribution >= 0.6 is 11.6 Å². The van der Waals surface area contributed by atoms with Crippen LogP contribution in [-0.4, -0.2) is 16.7 Å². The van der Waals surface area contributed by atoms with Gasteiger partial charge in [-0.2, -0.15) is 18.2 Å². The van der Waals surface area contributed by atoms with E-state index in [1.807, 2.05) is 18.2 Å². The van der Waals surface area contributed by atoms with Gasteiger partial charge in [-0.3, -0.25) is 4.57 Å². The first-order valence-electron chi connectivity index (χ1n) is 11.3. The van der Waals surface area contributed by atoms with Crippen LogP contribution in [0, 0.1) is 0 Å². The van der Waals surface area contributed by atoms with Gasteiger partial charge in [-0.25, -0.2) is 4.79 Å². The molecule has 5 rings (SSSR count). The maximum Gasteiger partial charge on any atom is 0.416 e. The number of rotatable bonds is 6. The van der Waals surface area contributed by atoms with Gasteiger partial charge in [0.25, 0.3) is 0 Å². The van der Waals surface area contributed by atoms with Crippen molar-refractivity contribution in [2.45, 2.75) is 25.7 Å². The predicted molar refractivity (Wildman–Crippen MR) is 131 cm³/mol. The molecule has 10 heteroatoms. The first kappa shape index (κ1) is 24.7. The fourth-order valence-corrected chi connectivity index (χ4v) is 4.34. The fourth-order valence-electron chi connectivity index (χ4n) is 4.12. The lowest BCUT2D eigenvalue weighted by Crippen LogP contribution is -2.28. The van der Waals surface area contributed by atoms with Crippen molar-refractivity contribution in [2.75, 3.05) is 7.11 Å². The zero-order valence-electron chi connectivity index (χ0n) is 19.5. The summed E-state index contributed by atoms with van der Waals surface area (Å²) in [4.78, 5) is 16.7. The van der Waals surface area contributed by atoms with Crippen LogP contribution in [0.2, 0.25) is 5.02 Å². The summed E-state index contributed by atoms with van der Waals surface area (Å²) in [7, 11) is 1.61. The molecule has 0 bridgehead atoms. The standard InChI is InChI=1S/C27H20ClF3N2O4/c1-35-19-7-8-22-16(11-19)9-10-33-24(22)14-25(32-26(33)34)36-15-17-5-6-21(13-23(17)28)37-20-4-2-3-18(12-20)27(29,30)31/h2-8,11-14H,9-10,15H2,1H3. The van der Waals surface area contributed by atoms with Crippen molar-refractivity contribution in [1.29, 1.82) is 0 Å². The highest BCUT2D eigenvalue weighted by molar-refractivity contribution is 6.31. The maximum atomic E-state index is 12.9. The minimum atomic E-state index is -4.47. The molecule has 190 valence electrons. The second kappa shape index (κ2) is 9.82. The summed E-state index contributed by atoms with van der Waals surface area (Å²) in [5.41, 5.74) is 2.04. The molecular formula is C27H20ClF3N2O4. The second-order valence-corrected chi connectivity index (χ2v) is 8.76. The van der Waals surface area contributed by atoms with Gasteiger partial charge in [-0.05, 0) is 60.5 Å². The van der Waals surface area contributed by atoms with Gasteiger partial charge < -0.3 is 14.2 Å². The van der Waals surface area contributed by atoms with E-state index in [-0.39, 0.29) is 29.0 Å². The van der Waals surface area contributed by atoms with E-state index < -0.39 is 17.4 Å². The molecular weight excluding hydrogens is 509 g/mol. The van der Waals surface area contributed by atoms with Crippen molar-refractivity contribution in [3.8, 4) is 34.4 Å². The molecule has 37 heavy (non-hydrogen) atoms. The topological polar surface area (TPSA) is 62.6 Å². The van der Waals surface area contributed by atoms with Crippen molar-refractivity contribution in [1.82, 2.24) is 9.55 Å². The van der Waals surface area contributed by atoms with Crippen molar-refractivity contribution < 1.29 is 27.4 Å². The van der Waals surface area contributed by atoms with E-state index in [9.17, 15) is 18.0 Å². The van der Waals surface area contributed by atoms with Crippen LogP contribution in [0.3, 0.4) is 0 Å². The van der Waals surface area contributed by atoms with E-state index in [2.05, 4.69) is 4.98 Å². The van der Waals surface area contributed by atoms with Gasteiger partial charge in [0.15, 0.2) is 0 Å². The summed E-state index contributed by atoms with van der Waals surface area (Å²) in [6.45, 7) is 0.523. The molecule has 0 unspecified atom stereocenters. The SMILES string of the molecule is COc1ccc2c(c1)CCn1c-2cc(OCc2ccc(Oc3cccc(C(F)(F)F)c3)cc2Cl)nc1=O. The fraction of sp³-hybridized carbons (Fsp3) is 0.185. The van der Waals surface area contributed by atoms with Crippen LogP contribution in [0.15, 0.2) is 71.5 Å². The molecule has 1 aliphatic rings. The third-order valence-electron chi connectivity index (χ3n) is 5.98. The molecule has 0 atom stereocenters. The van der Waals surface area contributed by atoms with Gasteiger partial charge >= 0.3 is 11.9 Å². The highest BCUT2D eigenvalue weighted by Gasteiger charge is 2.30. The first-order chi connectivity index (χ1) is 17.7. The Morgan fingerprint density at radius 1 is 1.00 bits per heavy atom. The molecule has 0 radical (unpaired) electrons. The lowest BCUT2D eigenvalue weighted by atomic mass is 9.97. The van der Waals surface area contributed by atoms with Gasteiger partial charge in [-0.15, -0.1) is 0 Å². The van der Waals surface area contributed by atoms with Gasteiger partial charge in [0.1, 0.15) is 23.9 Å². The number of methoxy groups -OCH3 is 1. The normalized spacial score (nSPS) is 12.5. The minimum Gasteiger partial charge on any atom is -0.497 e. The Hall–Kier alpha value is -3.98. The molecule has 0 saturated heterocycles. The molecule has 0 spiro atoms. The smallest absolute Gasteiger partial charge is 0.416 e. The summed E-state index contributed by atoms with van der Waals surface area (Å²) in [6, 6.07) is 16.7. The third kappa shape index (κ3) is 5.27. The molecule has 0 saturated carbocycles. The highest BCUT2D eigenvalue weighted by atomic mass is 35.5. The quantitative estimate of drug-likeness (QED) is 0.285. The Morgan fingerprint density at radius 2 is 1.78 bits per heavy atom. The van der Waals surface area contributed by atoms with E-state index >= 15 is 0 Å². The van der Waals surface area contributed by atoms with E-state index in [0.29, 0.717) is 24.2 Å². The minimum absolute atomic E-state index is 0.0219. The number of hydrogen-bond acceptors (Lipinski definition) is 5. The molecule has 0 amide bonds. The number of aryl methyl sites for hydroxylation is 1. The van der Waals surface area contributed by atoms with Crippen molar-refractivity contribution >= 4 is 11.6 Å². The monoisotopic (exact) mass is 528 g/mol. The van der Waals surface area contributed by atoms with Gasteiger partial charge in [-0.1, -0.05) is 23.7 Å². The van der Waals surface area contributed by atoms with Crippen molar-refractivity contribution in [3.63, 3.8) is 0 Å². The summed E-state index contributed by atoms with van der Waals surface area (Å²) < 4.78 is 57.1. The van der Waals surface area contributed by atoms with Crippen LogP contribution in [0.1, 0.15) is 16.7 Å². The van der Waals surface area contributed by atoms with E-state index in [1.165, 1.54) is 18.2 Å². The molecule has 6 nitrogen and oxygen atoms in total. The third-order valence-corrected chi connectivity index (χ3v) is 6.33. The Balaban J connectivity index is 1.32. The van der Waals surface area contributed by atoms with Crippen molar-refractivity contribution in [2.24, 2.45) is 0 Å². The summed E-state index contributed by atoms with van der Waals surface area (Å²) in [6.07, 6.45) is -3.79. The number of fused-ring (bicyclic) bond motifs is 3. The Labute approximate surface area is 214 Å². The van der Waals surface area contributed by atoms with Crippen LogP contribution in [0.5, 0.6) is 23.1 Å². The molecule has 4 aromatic rings. The number of ether oxygens (including phenoxy) is 3. The molecule has 0 fully saturated rings. The Kier molecular flexibility index (Phi) is 6.55. The van der Waals surface area contributed by atoms with Crippen LogP contribution in [-0.2, 0) is 25.7 Å². The molecule has 3 aromatic carbocycles. The molecule has 0 aliphatic carbocycles.